The first-order valence-corrected chi connectivity index (χ1v) is 12.6. The first-order chi connectivity index (χ1) is 17.6. The van der Waals surface area contributed by atoms with E-state index in [4.69, 9.17) is 4.74 Å². The molecular formula is C28H24N2O5S. The van der Waals surface area contributed by atoms with E-state index in [1.165, 1.54) is 16.7 Å². The van der Waals surface area contributed by atoms with Gasteiger partial charge in [0.25, 0.3) is 11.8 Å². The number of nitrogens with zero attached hydrogens (tertiary/aromatic N) is 1. The third-order valence-corrected chi connectivity index (χ3v) is 7.52. The van der Waals surface area contributed by atoms with Gasteiger partial charge in [0.15, 0.2) is 6.10 Å². The van der Waals surface area contributed by atoms with E-state index in [1.54, 1.807) is 30.3 Å². The van der Waals surface area contributed by atoms with Gasteiger partial charge in [0.1, 0.15) is 17.1 Å². The number of β-lactam (4-membered cyclic amide) rings is 1. The Morgan fingerprint density at radius 3 is 2.06 bits per heavy atom. The van der Waals surface area contributed by atoms with Gasteiger partial charge in [-0.1, -0.05) is 78.9 Å². The Morgan fingerprint density at radius 1 is 0.944 bits per heavy atom. The Hall–Kier alpha value is -3.88. The molecule has 8 heteroatoms. The Bertz CT molecular complexity index is 1260. The Labute approximate surface area is 212 Å². The molecular weight excluding hydrogens is 476 g/mol. The molecule has 5 rings (SSSR count). The number of ether oxygens (including phenoxy) is 1. The summed E-state index contributed by atoms with van der Waals surface area (Å²) in [6.45, 7) is -0.379. The fourth-order valence-corrected chi connectivity index (χ4v) is 5.69. The Balaban J connectivity index is 1.39. The van der Waals surface area contributed by atoms with Gasteiger partial charge in [0.05, 0.1) is 6.61 Å². The van der Waals surface area contributed by atoms with E-state index in [9.17, 15) is 19.5 Å². The Kier molecular flexibility index (Phi) is 6.88. The Morgan fingerprint density at radius 2 is 1.50 bits per heavy atom. The summed E-state index contributed by atoms with van der Waals surface area (Å²) in [5, 5.41) is 12.3. The molecule has 0 spiro atoms. The lowest BCUT2D eigenvalue weighted by molar-refractivity contribution is -0.153. The normalized spacial score (nSPS) is 18.9. The minimum absolute atomic E-state index is 0.0494. The van der Waals surface area contributed by atoms with Crippen molar-refractivity contribution in [1.29, 1.82) is 0 Å². The summed E-state index contributed by atoms with van der Waals surface area (Å²) in [6.07, 6.45) is -0.690. The van der Waals surface area contributed by atoms with Gasteiger partial charge in [0, 0.05) is 11.3 Å². The van der Waals surface area contributed by atoms with Crippen LogP contribution in [0.1, 0.15) is 27.6 Å². The molecule has 2 aliphatic heterocycles. The minimum atomic E-state index is -0.773. The molecule has 2 aliphatic rings. The van der Waals surface area contributed by atoms with Crippen molar-refractivity contribution in [2.45, 2.75) is 17.5 Å². The first-order valence-electron chi connectivity index (χ1n) is 11.5. The highest BCUT2D eigenvalue weighted by Crippen LogP contribution is 2.41. The zero-order chi connectivity index (χ0) is 25.1. The van der Waals surface area contributed by atoms with Gasteiger partial charge >= 0.3 is 5.97 Å². The number of aliphatic hydroxyl groups excluding tert-OH is 1. The van der Waals surface area contributed by atoms with Gasteiger partial charge in [0.2, 0.25) is 0 Å². The quantitative estimate of drug-likeness (QED) is 0.382. The van der Waals surface area contributed by atoms with E-state index < -0.39 is 29.4 Å². The SMILES string of the molecule is O=C(OC(c1ccccc1)c1ccccc1)C1=C(CO)CS[C@@H]2[C@H](NC(=O)c3ccccc3)C(=O)N12. The van der Waals surface area contributed by atoms with Gasteiger partial charge in [-0.2, -0.15) is 0 Å². The third kappa shape index (κ3) is 4.53. The fourth-order valence-electron chi connectivity index (χ4n) is 4.35. The average Bonchev–Trinajstić information content (AvgIpc) is 2.94. The van der Waals surface area contributed by atoms with Crippen molar-refractivity contribution in [3.05, 3.63) is 119 Å². The maximum atomic E-state index is 13.5. The van der Waals surface area contributed by atoms with E-state index in [0.29, 0.717) is 16.9 Å². The molecule has 0 bridgehead atoms. The van der Waals surface area contributed by atoms with Crippen LogP contribution < -0.4 is 5.32 Å². The number of aliphatic hydroxyl groups is 1. The monoisotopic (exact) mass is 500 g/mol. The lowest BCUT2D eigenvalue weighted by Crippen LogP contribution is -2.70. The number of carbonyl (C=O) groups is 3. The van der Waals surface area contributed by atoms with Crippen LogP contribution in [0.3, 0.4) is 0 Å². The molecule has 2 amide bonds. The smallest absolute Gasteiger partial charge is 0.356 e. The van der Waals surface area contributed by atoms with Crippen LogP contribution in [0.15, 0.2) is 102 Å². The first kappa shape index (κ1) is 23.8. The van der Waals surface area contributed by atoms with Crippen LogP contribution in [-0.2, 0) is 14.3 Å². The number of thioether (sulfide) groups is 1. The topological polar surface area (TPSA) is 95.9 Å². The van der Waals surface area contributed by atoms with Crippen molar-refractivity contribution in [2.75, 3.05) is 12.4 Å². The highest BCUT2D eigenvalue weighted by atomic mass is 32.2. The number of hydrogen-bond acceptors (Lipinski definition) is 6. The zero-order valence-electron chi connectivity index (χ0n) is 19.2. The molecule has 0 aliphatic carbocycles. The molecule has 1 saturated heterocycles. The predicted octanol–water partition coefficient (Wildman–Crippen LogP) is 3.28. The second-order valence-electron chi connectivity index (χ2n) is 8.44. The molecule has 7 nitrogen and oxygen atoms in total. The van der Waals surface area contributed by atoms with E-state index >= 15 is 0 Å². The molecule has 182 valence electrons. The van der Waals surface area contributed by atoms with Gasteiger partial charge in [-0.15, -0.1) is 11.8 Å². The number of amides is 2. The molecule has 2 heterocycles. The number of nitrogens with one attached hydrogen (secondary N) is 1. The molecule has 2 N–H and O–H groups in total. The molecule has 0 unspecified atom stereocenters. The maximum absolute atomic E-state index is 13.5. The van der Waals surface area contributed by atoms with Gasteiger partial charge in [-0.25, -0.2) is 4.79 Å². The lowest BCUT2D eigenvalue weighted by atomic mass is 10.0. The molecule has 1 fully saturated rings. The summed E-state index contributed by atoms with van der Waals surface area (Å²) >= 11 is 1.39. The van der Waals surface area contributed by atoms with Crippen molar-refractivity contribution in [1.82, 2.24) is 10.2 Å². The van der Waals surface area contributed by atoms with E-state index in [1.807, 2.05) is 60.7 Å². The number of fused-ring (bicyclic) bond motifs is 1. The van der Waals surface area contributed by atoms with Crippen molar-refractivity contribution in [2.24, 2.45) is 0 Å². The average molecular weight is 501 g/mol. The summed E-state index contributed by atoms with van der Waals surface area (Å²) in [5.74, 6) is -1.12. The largest absolute Gasteiger partial charge is 0.448 e. The number of benzene rings is 3. The third-order valence-electron chi connectivity index (χ3n) is 6.18. The van der Waals surface area contributed by atoms with Crippen LogP contribution in [0.4, 0.5) is 0 Å². The highest BCUT2D eigenvalue weighted by molar-refractivity contribution is 8.00. The number of esters is 1. The van der Waals surface area contributed by atoms with Crippen LogP contribution in [0, 0.1) is 0 Å². The van der Waals surface area contributed by atoms with Crippen LogP contribution in [0.5, 0.6) is 0 Å². The van der Waals surface area contributed by atoms with E-state index in [0.717, 1.165) is 11.1 Å². The van der Waals surface area contributed by atoms with Crippen LogP contribution >= 0.6 is 11.8 Å². The molecule has 3 aromatic rings. The second kappa shape index (κ2) is 10.4. The molecule has 0 aromatic heterocycles. The van der Waals surface area contributed by atoms with Crippen LogP contribution in [0.2, 0.25) is 0 Å². The second-order valence-corrected chi connectivity index (χ2v) is 9.55. The summed E-state index contributed by atoms with van der Waals surface area (Å²) in [4.78, 5) is 40.6. The van der Waals surface area contributed by atoms with Crippen molar-refractivity contribution in [3.63, 3.8) is 0 Å². The molecule has 36 heavy (non-hydrogen) atoms. The predicted molar refractivity (Wildman–Crippen MR) is 136 cm³/mol. The molecule has 3 aromatic carbocycles. The summed E-state index contributed by atoms with van der Waals surface area (Å²) in [5.41, 5.74) is 2.49. The lowest BCUT2D eigenvalue weighted by Gasteiger charge is -2.49. The molecule has 0 radical (unpaired) electrons. The number of carbonyl (C=O) groups excluding carboxylic acids is 3. The van der Waals surface area contributed by atoms with Gasteiger partial charge in [-0.05, 0) is 28.8 Å². The van der Waals surface area contributed by atoms with Gasteiger partial charge < -0.3 is 15.2 Å². The molecule has 0 saturated carbocycles. The zero-order valence-corrected chi connectivity index (χ0v) is 20.1. The van der Waals surface area contributed by atoms with E-state index in [2.05, 4.69) is 5.32 Å². The van der Waals surface area contributed by atoms with Crippen molar-refractivity contribution >= 4 is 29.5 Å². The van der Waals surface area contributed by atoms with Crippen LogP contribution in [0.25, 0.3) is 0 Å². The maximum Gasteiger partial charge on any atom is 0.356 e. The summed E-state index contributed by atoms with van der Waals surface area (Å²) < 4.78 is 5.98. The standard InChI is InChI=1S/C28H24N2O5S/c31-16-21-17-36-27-22(29-25(32)20-14-8-3-9-15-20)26(33)30(27)23(21)28(34)35-24(18-10-4-1-5-11-18)19-12-6-2-7-13-19/h1-15,22,24,27,31H,16-17H2,(H,29,32)/t22-,27-/m1/s1. The number of rotatable bonds is 7. The number of hydrogen-bond donors (Lipinski definition) is 2. The highest BCUT2D eigenvalue weighted by Gasteiger charge is 2.54. The van der Waals surface area contributed by atoms with Gasteiger partial charge in [-0.3, -0.25) is 14.5 Å². The summed E-state index contributed by atoms with van der Waals surface area (Å²) in [7, 11) is 0. The fraction of sp³-hybridized carbons (Fsp3) is 0.179. The molecule has 2 atom stereocenters. The van der Waals surface area contributed by atoms with Crippen molar-refractivity contribution < 1.29 is 24.2 Å². The minimum Gasteiger partial charge on any atom is -0.448 e. The summed E-state index contributed by atoms with van der Waals surface area (Å²) in [6, 6.07) is 26.6. The van der Waals surface area contributed by atoms with Crippen molar-refractivity contribution in [3.8, 4) is 0 Å². The van der Waals surface area contributed by atoms with E-state index in [-0.39, 0.29) is 18.2 Å². The van der Waals surface area contributed by atoms with Crippen LogP contribution in [-0.4, -0.2) is 51.6 Å².